The maximum absolute atomic E-state index is 12.7. The molecule has 4 heteroatoms. The quantitative estimate of drug-likeness (QED) is 0.857. The second-order valence-electron chi connectivity index (χ2n) is 7.71. The van der Waals surface area contributed by atoms with E-state index in [0.29, 0.717) is 5.92 Å². The molecule has 24 heavy (non-hydrogen) atoms. The fraction of sp³-hybridized carbons (Fsp3) is 0.550. The van der Waals surface area contributed by atoms with E-state index >= 15 is 0 Å². The summed E-state index contributed by atoms with van der Waals surface area (Å²) in [6.07, 6.45) is 2.23. The number of ether oxygens (including phenoxy) is 1. The first-order valence-corrected chi connectivity index (χ1v) is 8.78. The Balaban J connectivity index is 1.68. The molecule has 1 heterocycles. The zero-order valence-electron chi connectivity index (χ0n) is 15.1. The largest absolute Gasteiger partial charge is 0.378 e. The number of anilines is 2. The van der Waals surface area contributed by atoms with E-state index in [4.69, 9.17) is 4.74 Å². The molecule has 1 N–H and O–H groups in total. The monoisotopic (exact) mass is 328 g/mol. The normalized spacial score (nSPS) is 25.1. The molecule has 1 amide bonds. The van der Waals surface area contributed by atoms with Crippen molar-refractivity contribution in [1.29, 1.82) is 0 Å². The van der Waals surface area contributed by atoms with Crippen LogP contribution < -0.4 is 10.2 Å². The van der Waals surface area contributed by atoms with Gasteiger partial charge in [0.25, 0.3) is 0 Å². The van der Waals surface area contributed by atoms with Crippen molar-refractivity contribution in [3.8, 4) is 0 Å². The number of hydrogen-bond acceptors (Lipinski definition) is 3. The molecule has 2 atom stereocenters. The molecule has 4 nitrogen and oxygen atoms in total. The summed E-state index contributed by atoms with van der Waals surface area (Å²) in [5.41, 5.74) is 3.34. The molecule has 1 aromatic rings. The van der Waals surface area contributed by atoms with Crippen molar-refractivity contribution in [2.75, 3.05) is 36.5 Å². The summed E-state index contributed by atoms with van der Waals surface area (Å²) < 4.78 is 5.41. The minimum absolute atomic E-state index is 0.0448. The number of hydrogen-bond donors (Lipinski definition) is 1. The number of benzene rings is 1. The van der Waals surface area contributed by atoms with Crippen LogP contribution in [0, 0.1) is 17.3 Å². The Bertz CT molecular complexity index is 641. The molecular formula is C20H28N2O2. The van der Waals surface area contributed by atoms with E-state index in [1.54, 1.807) is 0 Å². The molecule has 1 aliphatic carbocycles. The molecule has 2 aliphatic rings. The first kappa shape index (κ1) is 17.0. The summed E-state index contributed by atoms with van der Waals surface area (Å²) in [5, 5.41) is 3.12. The average Bonchev–Trinajstić information content (AvgIpc) is 3.08. The highest BCUT2D eigenvalue weighted by molar-refractivity contribution is 5.96. The highest BCUT2D eigenvalue weighted by Crippen LogP contribution is 2.59. The number of amides is 1. The smallest absolute Gasteiger partial charge is 0.228 e. The van der Waals surface area contributed by atoms with Gasteiger partial charge < -0.3 is 15.0 Å². The van der Waals surface area contributed by atoms with Crippen molar-refractivity contribution < 1.29 is 9.53 Å². The standard InChI is InChI=1S/C20H28N2O2/c1-14(2)12-17-18(20(17,3)4)19(23)21-15-6-5-7-16(13-15)22-8-10-24-11-9-22/h5-7,12-13,17-18H,8-11H2,1-4H3,(H,21,23). The van der Waals surface area contributed by atoms with E-state index in [-0.39, 0.29) is 17.2 Å². The zero-order valence-corrected chi connectivity index (χ0v) is 15.1. The number of rotatable bonds is 4. The van der Waals surface area contributed by atoms with E-state index in [1.165, 1.54) is 5.57 Å². The Morgan fingerprint density at radius 1 is 1.29 bits per heavy atom. The molecule has 1 saturated heterocycles. The fourth-order valence-electron chi connectivity index (χ4n) is 3.67. The molecule has 130 valence electrons. The van der Waals surface area contributed by atoms with Gasteiger partial charge in [0, 0.05) is 24.5 Å². The van der Waals surface area contributed by atoms with Crippen LogP contribution in [0.15, 0.2) is 35.9 Å². The van der Waals surface area contributed by atoms with Crippen LogP contribution in [0.3, 0.4) is 0 Å². The number of carbonyl (C=O) groups excluding carboxylic acids is 1. The van der Waals surface area contributed by atoms with E-state index in [2.05, 4.69) is 56.1 Å². The molecular weight excluding hydrogens is 300 g/mol. The predicted octanol–water partition coefficient (Wildman–Crippen LogP) is 3.70. The molecule has 1 aromatic carbocycles. The van der Waals surface area contributed by atoms with Gasteiger partial charge in [-0.2, -0.15) is 0 Å². The van der Waals surface area contributed by atoms with E-state index in [1.807, 2.05) is 12.1 Å². The zero-order chi connectivity index (χ0) is 17.3. The van der Waals surface area contributed by atoms with Gasteiger partial charge in [0.05, 0.1) is 19.1 Å². The Hall–Kier alpha value is -1.81. The molecule has 0 spiro atoms. The van der Waals surface area contributed by atoms with Gasteiger partial charge >= 0.3 is 0 Å². The second-order valence-corrected chi connectivity index (χ2v) is 7.71. The van der Waals surface area contributed by atoms with Crippen molar-refractivity contribution in [2.45, 2.75) is 27.7 Å². The maximum Gasteiger partial charge on any atom is 0.228 e. The topological polar surface area (TPSA) is 41.6 Å². The summed E-state index contributed by atoms with van der Waals surface area (Å²) in [6, 6.07) is 8.13. The minimum Gasteiger partial charge on any atom is -0.378 e. The van der Waals surface area contributed by atoms with Gasteiger partial charge in [-0.05, 0) is 43.4 Å². The van der Waals surface area contributed by atoms with Gasteiger partial charge in [-0.25, -0.2) is 0 Å². The number of allylic oxidation sites excluding steroid dienone is 2. The highest BCUT2D eigenvalue weighted by Gasteiger charge is 2.60. The van der Waals surface area contributed by atoms with Crippen molar-refractivity contribution in [1.82, 2.24) is 0 Å². The minimum atomic E-state index is 0.0448. The van der Waals surface area contributed by atoms with Crippen LogP contribution in [0.4, 0.5) is 11.4 Å². The molecule has 2 unspecified atom stereocenters. The lowest BCUT2D eigenvalue weighted by Crippen LogP contribution is -2.36. The maximum atomic E-state index is 12.7. The van der Waals surface area contributed by atoms with Crippen molar-refractivity contribution in [3.63, 3.8) is 0 Å². The molecule has 0 aromatic heterocycles. The number of nitrogens with one attached hydrogen (secondary N) is 1. The third-order valence-corrected chi connectivity index (χ3v) is 5.20. The van der Waals surface area contributed by atoms with Crippen LogP contribution >= 0.6 is 0 Å². The lowest BCUT2D eigenvalue weighted by atomic mass is 10.1. The first-order chi connectivity index (χ1) is 11.4. The van der Waals surface area contributed by atoms with Crippen molar-refractivity contribution >= 4 is 17.3 Å². The second kappa shape index (κ2) is 6.60. The van der Waals surface area contributed by atoms with Crippen LogP contribution in [0.5, 0.6) is 0 Å². The lowest BCUT2D eigenvalue weighted by molar-refractivity contribution is -0.118. The van der Waals surface area contributed by atoms with Gasteiger partial charge in [0.1, 0.15) is 0 Å². The summed E-state index contributed by atoms with van der Waals surface area (Å²) in [7, 11) is 0. The van der Waals surface area contributed by atoms with Gasteiger partial charge in [-0.3, -0.25) is 4.79 Å². The predicted molar refractivity (Wildman–Crippen MR) is 98.3 cm³/mol. The Kier molecular flexibility index (Phi) is 4.68. The van der Waals surface area contributed by atoms with Crippen LogP contribution in [-0.4, -0.2) is 32.2 Å². The van der Waals surface area contributed by atoms with Gasteiger partial charge in [0.15, 0.2) is 0 Å². The lowest BCUT2D eigenvalue weighted by Gasteiger charge is -2.29. The summed E-state index contributed by atoms with van der Waals surface area (Å²) >= 11 is 0. The van der Waals surface area contributed by atoms with Crippen LogP contribution in [0.1, 0.15) is 27.7 Å². The summed E-state index contributed by atoms with van der Waals surface area (Å²) in [5.74, 6) is 0.519. The SMILES string of the molecule is CC(C)=CC1C(C(=O)Nc2cccc(N3CCOCC3)c2)C1(C)C. The van der Waals surface area contributed by atoms with Crippen LogP contribution in [0.2, 0.25) is 0 Å². The average molecular weight is 328 g/mol. The summed E-state index contributed by atoms with van der Waals surface area (Å²) in [6.45, 7) is 11.8. The van der Waals surface area contributed by atoms with Crippen LogP contribution in [0.25, 0.3) is 0 Å². The molecule has 3 rings (SSSR count). The molecule has 2 fully saturated rings. The number of morpholine rings is 1. The number of nitrogens with zero attached hydrogens (tertiary/aromatic N) is 1. The highest BCUT2D eigenvalue weighted by atomic mass is 16.5. The third-order valence-electron chi connectivity index (χ3n) is 5.20. The molecule has 0 radical (unpaired) electrons. The Morgan fingerprint density at radius 2 is 2.00 bits per heavy atom. The van der Waals surface area contributed by atoms with E-state index in [0.717, 1.165) is 37.7 Å². The first-order valence-electron chi connectivity index (χ1n) is 8.78. The molecule has 0 bridgehead atoms. The van der Waals surface area contributed by atoms with E-state index in [9.17, 15) is 4.79 Å². The van der Waals surface area contributed by atoms with Gasteiger partial charge in [-0.15, -0.1) is 0 Å². The molecule has 1 saturated carbocycles. The van der Waals surface area contributed by atoms with E-state index < -0.39 is 0 Å². The van der Waals surface area contributed by atoms with Crippen LogP contribution in [-0.2, 0) is 9.53 Å². The Morgan fingerprint density at radius 3 is 2.67 bits per heavy atom. The van der Waals surface area contributed by atoms with Crippen molar-refractivity contribution in [3.05, 3.63) is 35.9 Å². The van der Waals surface area contributed by atoms with Gasteiger partial charge in [-0.1, -0.05) is 31.6 Å². The number of carbonyl (C=O) groups is 1. The fourth-order valence-corrected chi connectivity index (χ4v) is 3.67. The molecule has 1 aliphatic heterocycles. The Labute approximate surface area is 144 Å². The van der Waals surface area contributed by atoms with Gasteiger partial charge in [0.2, 0.25) is 5.91 Å². The third kappa shape index (κ3) is 3.48. The van der Waals surface area contributed by atoms with Crippen molar-refractivity contribution in [2.24, 2.45) is 17.3 Å². The summed E-state index contributed by atoms with van der Waals surface area (Å²) in [4.78, 5) is 15.0.